The monoisotopic (exact) mass is 623 g/mol. The summed E-state index contributed by atoms with van der Waals surface area (Å²) in [6.07, 6.45) is -3.05. The van der Waals surface area contributed by atoms with Crippen LogP contribution < -0.4 is 15.2 Å². The quantitative estimate of drug-likeness (QED) is 0.319. The average molecular weight is 624 g/mol. The molecule has 3 atom stereocenters. The Labute approximate surface area is 258 Å². The number of nitrogens with zero attached hydrogens (tertiary/aromatic N) is 7. The molecule has 4 heterocycles. The zero-order chi connectivity index (χ0) is 32.2. The third-order valence-corrected chi connectivity index (χ3v) is 8.95. The van der Waals surface area contributed by atoms with E-state index in [2.05, 4.69) is 19.9 Å². The minimum atomic E-state index is -4.98. The van der Waals surface area contributed by atoms with E-state index < -0.39 is 17.6 Å². The molecule has 0 radical (unpaired) electrons. The first-order chi connectivity index (χ1) is 21.3. The number of piperazine rings is 1. The lowest BCUT2D eigenvalue weighted by Crippen LogP contribution is -2.58. The number of alkyl halides is 3. The highest BCUT2D eigenvalue weighted by atomic mass is 19.4. The molecule has 2 aromatic carbocycles. The van der Waals surface area contributed by atoms with Gasteiger partial charge in [-0.25, -0.2) is 4.98 Å². The van der Waals surface area contributed by atoms with Gasteiger partial charge in [0.1, 0.15) is 12.1 Å². The molecule has 1 amide bonds. The molecular weight excluding hydrogens is 587 g/mol. The highest BCUT2D eigenvalue weighted by Crippen LogP contribution is 2.36. The fourth-order valence-electron chi connectivity index (χ4n) is 6.74. The van der Waals surface area contributed by atoms with Gasteiger partial charge in [-0.3, -0.25) is 14.2 Å². The number of ether oxygens (including phenoxy) is 1. The van der Waals surface area contributed by atoms with Crippen LogP contribution in [0.25, 0.3) is 27.5 Å². The fourth-order valence-corrected chi connectivity index (χ4v) is 6.74. The SMILES string of the molecule is CC(=O)N1C[C@H](C)N(c2nc(OCC3CCCN3C)nc3c(=O)n(-c4cccc5cccc(C)c45)c(C(F)(F)F)nc23)[C@@H](C)C1. The third kappa shape index (κ3) is 5.58. The Balaban J connectivity index is 1.61. The van der Waals surface area contributed by atoms with Gasteiger partial charge >= 0.3 is 12.2 Å². The Kier molecular flexibility index (Phi) is 7.92. The van der Waals surface area contributed by atoms with E-state index in [4.69, 9.17) is 4.74 Å². The Morgan fingerprint density at radius 1 is 1.02 bits per heavy atom. The van der Waals surface area contributed by atoms with Crippen LogP contribution in [0.15, 0.2) is 41.2 Å². The molecule has 13 heteroatoms. The molecule has 1 unspecified atom stereocenters. The number of hydrogen-bond donors (Lipinski definition) is 0. The van der Waals surface area contributed by atoms with E-state index in [9.17, 15) is 22.8 Å². The second kappa shape index (κ2) is 11.6. The van der Waals surface area contributed by atoms with Gasteiger partial charge in [-0.1, -0.05) is 30.3 Å². The number of aryl methyl sites for hydroxylation is 1. The van der Waals surface area contributed by atoms with Crippen molar-refractivity contribution in [3.63, 3.8) is 0 Å². The van der Waals surface area contributed by atoms with Crippen LogP contribution in [0.4, 0.5) is 19.0 Å². The zero-order valence-electron chi connectivity index (χ0n) is 25.9. The summed E-state index contributed by atoms with van der Waals surface area (Å²) in [5.74, 6) is -1.40. The van der Waals surface area contributed by atoms with Crippen molar-refractivity contribution in [3.8, 4) is 11.7 Å². The van der Waals surface area contributed by atoms with Crippen molar-refractivity contribution >= 4 is 33.5 Å². The number of likely N-dealkylation sites (N-methyl/N-ethyl adjacent to an activating group) is 1. The Bertz CT molecular complexity index is 1830. The Morgan fingerprint density at radius 3 is 2.33 bits per heavy atom. The fraction of sp³-hybridized carbons (Fsp3) is 0.469. The molecule has 0 N–H and O–H groups in total. The maximum absolute atomic E-state index is 14.9. The maximum atomic E-state index is 14.9. The first-order valence-corrected chi connectivity index (χ1v) is 15.1. The van der Waals surface area contributed by atoms with Gasteiger partial charge in [-0.05, 0) is 64.2 Å². The predicted molar refractivity (Wildman–Crippen MR) is 165 cm³/mol. The first-order valence-electron chi connectivity index (χ1n) is 15.1. The molecule has 2 fully saturated rings. The summed E-state index contributed by atoms with van der Waals surface area (Å²) in [5.41, 5.74) is -0.744. The number of halogens is 3. The third-order valence-electron chi connectivity index (χ3n) is 8.95. The number of hydrogen-bond acceptors (Lipinski definition) is 8. The molecule has 10 nitrogen and oxygen atoms in total. The minimum absolute atomic E-state index is 0.0596. The van der Waals surface area contributed by atoms with Crippen LogP contribution >= 0.6 is 0 Å². The van der Waals surface area contributed by atoms with E-state index in [1.807, 2.05) is 31.9 Å². The van der Waals surface area contributed by atoms with Gasteiger partial charge in [0.2, 0.25) is 11.7 Å². The number of fused-ring (bicyclic) bond motifs is 2. The second-order valence-electron chi connectivity index (χ2n) is 12.2. The van der Waals surface area contributed by atoms with Gasteiger partial charge in [0.25, 0.3) is 5.56 Å². The van der Waals surface area contributed by atoms with E-state index in [0.29, 0.717) is 34.0 Å². The average Bonchev–Trinajstić information content (AvgIpc) is 3.39. The van der Waals surface area contributed by atoms with Crippen molar-refractivity contribution in [2.24, 2.45) is 0 Å². The molecule has 238 valence electrons. The highest BCUT2D eigenvalue weighted by molar-refractivity contribution is 5.94. The number of anilines is 1. The van der Waals surface area contributed by atoms with Gasteiger partial charge < -0.3 is 19.4 Å². The molecule has 2 saturated heterocycles. The summed E-state index contributed by atoms with van der Waals surface area (Å²) in [5, 5.41) is 1.19. The molecule has 6 rings (SSSR count). The number of rotatable bonds is 5. The molecule has 2 aromatic heterocycles. The lowest BCUT2D eigenvalue weighted by molar-refractivity contribution is -0.146. The van der Waals surface area contributed by atoms with E-state index in [0.717, 1.165) is 19.4 Å². The number of benzene rings is 2. The zero-order valence-corrected chi connectivity index (χ0v) is 25.9. The van der Waals surface area contributed by atoms with Crippen molar-refractivity contribution in [2.75, 3.05) is 38.2 Å². The molecule has 0 bridgehead atoms. The van der Waals surface area contributed by atoms with E-state index in [1.165, 1.54) is 13.0 Å². The van der Waals surface area contributed by atoms with E-state index >= 15 is 0 Å². The van der Waals surface area contributed by atoms with Crippen molar-refractivity contribution in [3.05, 3.63) is 58.1 Å². The van der Waals surface area contributed by atoms with Crippen LogP contribution in [0.2, 0.25) is 0 Å². The van der Waals surface area contributed by atoms with Crippen molar-refractivity contribution < 1.29 is 22.7 Å². The largest absolute Gasteiger partial charge is 0.462 e. The number of carbonyl (C=O) groups excluding carboxylic acids is 1. The molecule has 2 aliphatic rings. The van der Waals surface area contributed by atoms with Crippen LogP contribution in [0.3, 0.4) is 0 Å². The summed E-state index contributed by atoms with van der Waals surface area (Å²) in [6, 6.07) is 9.59. The minimum Gasteiger partial charge on any atom is -0.462 e. The Morgan fingerprint density at radius 2 is 1.71 bits per heavy atom. The van der Waals surface area contributed by atoms with Crippen LogP contribution in [-0.2, 0) is 11.0 Å². The number of amides is 1. The molecular formula is C32H36F3N7O3. The summed E-state index contributed by atoms with van der Waals surface area (Å²) in [7, 11) is 2.00. The van der Waals surface area contributed by atoms with E-state index in [-0.39, 0.29) is 59.2 Å². The summed E-state index contributed by atoms with van der Waals surface area (Å²) in [6.45, 7) is 8.82. The standard InChI is InChI=1S/C32H36F3N7O3/c1-18-9-6-10-22-11-7-13-24(25(18)22)42-29(44)27-26(36-30(42)32(33,34)35)28(41-19(2)15-40(21(4)43)16-20(41)3)38-31(37-27)45-17-23-12-8-14-39(23)5/h6-7,9-11,13,19-20,23H,8,12,14-17H2,1-5H3/t19-,20-,23?/m0/s1. The lowest BCUT2D eigenvalue weighted by Gasteiger charge is -2.45. The van der Waals surface area contributed by atoms with Gasteiger partial charge in [-0.2, -0.15) is 23.1 Å². The molecule has 0 saturated carbocycles. The van der Waals surface area contributed by atoms with E-state index in [1.54, 1.807) is 36.1 Å². The second-order valence-corrected chi connectivity index (χ2v) is 12.2. The van der Waals surface area contributed by atoms with Crippen LogP contribution in [-0.4, -0.2) is 86.6 Å². The van der Waals surface area contributed by atoms with Crippen LogP contribution in [0.1, 0.15) is 45.0 Å². The topological polar surface area (TPSA) is 96.7 Å². The molecule has 45 heavy (non-hydrogen) atoms. The normalized spacial score (nSPS) is 21.2. The van der Waals surface area contributed by atoms with Crippen LogP contribution in [0, 0.1) is 6.92 Å². The van der Waals surface area contributed by atoms with Crippen molar-refractivity contribution in [1.29, 1.82) is 0 Å². The molecule has 0 aliphatic carbocycles. The number of carbonyl (C=O) groups is 1. The number of likely N-dealkylation sites (tertiary alicyclic amines) is 1. The van der Waals surface area contributed by atoms with Gasteiger partial charge in [-0.15, -0.1) is 0 Å². The first kappa shape index (κ1) is 30.8. The summed E-state index contributed by atoms with van der Waals surface area (Å²) < 4.78 is 51.3. The predicted octanol–water partition coefficient (Wildman–Crippen LogP) is 4.57. The van der Waals surface area contributed by atoms with Crippen molar-refractivity contribution in [2.45, 2.75) is 64.8 Å². The van der Waals surface area contributed by atoms with Crippen molar-refractivity contribution in [1.82, 2.24) is 29.3 Å². The molecule has 0 spiro atoms. The number of aromatic nitrogens is 4. The van der Waals surface area contributed by atoms with Gasteiger partial charge in [0.15, 0.2) is 11.3 Å². The molecule has 4 aromatic rings. The van der Waals surface area contributed by atoms with Gasteiger partial charge in [0.05, 0.1) is 5.69 Å². The highest BCUT2D eigenvalue weighted by Gasteiger charge is 2.40. The smallest absolute Gasteiger partial charge is 0.450 e. The summed E-state index contributed by atoms with van der Waals surface area (Å²) in [4.78, 5) is 45.4. The molecule has 2 aliphatic heterocycles. The summed E-state index contributed by atoms with van der Waals surface area (Å²) >= 11 is 0. The van der Waals surface area contributed by atoms with Crippen LogP contribution in [0.5, 0.6) is 6.01 Å². The lowest BCUT2D eigenvalue weighted by atomic mass is 10.0. The Hall–Kier alpha value is -4.26. The van der Waals surface area contributed by atoms with Gasteiger partial charge in [0, 0.05) is 43.5 Å². The maximum Gasteiger partial charge on any atom is 0.450 e.